The third kappa shape index (κ3) is 3.37. The standard InChI is InChI=1S/C20H19ClFN3O/c21-17-7-2-1-4-15(17)13-25-10-8-20(9-11-25)23-18(19(26)24-20)14-5-3-6-16(22)12-14/h1-7,12H,8-11,13H2,(H,24,26). The van der Waals surface area contributed by atoms with E-state index in [9.17, 15) is 9.18 Å². The Balaban J connectivity index is 1.47. The van der Waals surface area contributed by atoms with E-state index in [1.54, 1.807) is 12.1 Å². The van der Waals surface area contributed by atoms with Gasteiger partial charge in [-0.3, -0.25) is 14.7 Å². The van der Waals surface area contributed by atoms with Crippen molar-refractivity contribution in [1.29, 1.82) is 0 Å². The van der Waals surface area contributed by atoms with Crippen LogP contribution in [0.1, 0.15) is 24.0 Å². The number of nitrogens with zero attached hydrogens (tertiary/aromatic N) is 2. The quantitative estimate of drug-likeness (QED) is 0.898. The van der Waals surface area contributed by atoms with Crippen molar-refractivity contribution >= 4 is 23.2 Å². The molecular weight excluding hydrogens is 353 g/mol. The van der Waals surface area contributed by atoms with E-state index >= 15 is 0 Å². The fraction of sp³-hybridized carbons (Fsp3) is 0.300. The summed E-state index contributed by atoms with van der Waals surface area (Å²) in [5.41, 5.74) is 1.38. The molecular formula is C20H19ClFN3O. The van der Waals surface area contributed by atoms with E-state index in [4.69, 9.17) is 11.6 Å². The van der Waals surface area contributed by atoms with Crippen LogP contribution in [0.2, 0.25) is 5.02 Å². The fourth-order valence-electron chi connectivity index (χ4n) is 3.58. The first-order valence-corrected chi connectivity index (χ1v) is 9.07. The highest BCUT2D eigenvalue weighted by Gasteiger charge is 2.42. The van der Waals surface area contributed by atoms with Gasteiger partial charge in [0.25, 0.3) is 5.91 Å². The second kappa shape index (κ2) is 6.82. The van der Waals surface area contributed by atoms with E-state index in [1.165, 1.54) is 12.1 Å². The molecule has 1 N–H and O–H groups in total. The van der Waals surface area contributed by atoms with Gasteiger partial charge in [-0.15, -0.1) is 0 Å². The monoisotopic (exact) mass is 371 g/mol. The summed E-state index contributed by atoms with van der Waals surface area (Å²) in [6.07, 6.45) is 1.45. The second-order valence-electron chi connectivity index (χ2n) is 6.82. The Morgan fingerprint density at radius 3 is 2.65 bits per heavy atom. The molecule has 2 aromatic rings. The van der Waals surface area contributed by atoms with Crippen molar-refractivity contribution in [3.8, 4) is 0 Å². The molecule has 6 heteroatoms. The molecule has 4 nitrogen and oxygen atoms in total. The molecule has 0 unspecified atom stereocenters. The molecule has 0 atom stereocenters. The summed E-state index contributed by atoms with van der Waals surface area (Å²) in [6.45, 7) is 2.40. The van der Waals surface area contributed by atoms with Crippen LogP contribution in [-0.4, -0.2) is 35.3 Å². The number of likely N-dealkylation sites (tertiary alicyclic amines) is 1. The van der Waals surface area contributed by atoms with Gasteiger partial charge >= 0.3 is 0 Å². The van der Waals surface area contributed by atoms with Gasteiger partial charge in [-0.2, -0.15) is 0 Å². The van der Waals surface area contributed by atoms with Gasteiger partial charge in [0.15, 0.2) is 0 Å². The molecule has 1 amide bonds. The first-order valence-electron chi connectivity index (χ1n) is 8.69. The summed E-state index contributed by atoms with van der Waals surface area (Å²) >= 11 is 6.25. The number of nitrogens with one attached hydrogen (secondary N) is 1. The summed E-state index contributed by atoms with van der Waals surface area (Å²) in [4.78, 5) is 19.4. The first-order chi connectivity index (χ1) is 12.5. The topological polar surface area (TPSA) is 44.7 Å². The molecule has 2 aromatic carbocycles. The van der Waals surface area contributed by atoms with Crippen LogP contribution in [-0.2, 0) is 11.3 Å². The summed E-state index contributed by atoms with van der Waals surface area (Å²) in [7, 11) is 0. The van der Waals surface area contributed by atoms with Crippen molar-refractivity contribution in [2.75, 3.05) is 13.1 Å². The molecule has 0 aliphatic carbocycles. The smallest absolute Gasteiger partial charge is 0.272 e. The van der Waals surface area contributed by atoms with Crippen molar-refractivity contribution in [2.45, 2.75) is 25.0 Å². The first kappa shape index (κ1) is 17.2. The summed E-state index contributed by atoms with van der Waals surface area (Å²) < 4.78 is 13.5. The van der Waals surface area contributed by atoms with E-state index in [2.05, 4.69) is 15.2 Å². The average Bonchev–Trinajstić information content (AvgIpc) is 2.95. The molecule has 1 fully saturated rings. The van der Waals surface area contributed by atoms with Crippen molar-refractivity contribution in [3.05, 3.63) is 70.5 Å². The number of carbonyl (C=O) groups excluding carboxylic acids is 1. The van der Waals surface area contributed by atoms with Gasteiger partial charge in [0, 0.05) is 43.1 Å². The normalized spacial score (nSPS) is 19.5. The van der Waals surface area contributed by atoms with Crippen LogP contribution in [0.4, 0.5) is 4.39 Å². The molecule has 2 aliphatic rings. The maximum atomic E-state index is 13.5. The van der Waals surface area contributed by atoms with Gasteiger partial charge in [0.05, 0.1) is 0 Å². The molecule has 1 spiro atoms. The largest absolute Gasteiger partial charge is 0.326 e. The van der Waals surface area contributed by atoms with Gasteiger partial charge in [-0.25, -0.2) is 4.39 Å². The lowest BCUT2D eigenvalue weighted by molar-refractivity contribution is -0.115. The zero-order chi connectivity index (χ0) is 18.1. The van der Waals surface area contributed by atoms with Crippen LogP contribution in [0.25, 0.3) is 0 Å². The van der Waals surface area contributed by atoms with Crippen LogP contribution < -0.4 is 5.32 Å². The van der Waals surface area contributed by atoms with Crippen molar-refractivity contribution < 1.29 is 9.18 Å². The van der Waals surface area contributed by atoms with Crippen LogP contribution in [0, 0.1) is 5.82 Å². The Labute approximate surface area is 156 Å². The minimum Gasteiger partial charge on any atom is -0.326 e. The number of halogens is 2. The number of piperidine rings is 1. The molecule has 26 heavy (non-hydrogen) atoms. The van der Waals surface area contributed by atoms with Gasteiger partial charge in [-0.1, -0.05) is 41.9 Å². The number of benzene rings is 2. The summed E-state index contributed by atoms with van der Waals surface area (Å²) in [5, 5.41) is 3.79. The van der Waals surface area contributed by atoms with E-state index in [0.29, 0.717) is 11.3 Å². The number of hydrogen-bond acceptors (Lipinski definition) is 3. The fourth-order valence-corrected chi connectivity index (χ4v) is 3.78. The minimum absolute atomic E-state index is 0.227. The van der Waals surface area contributed by atoms with Crippen LogP contribution in [0.15, 0.2) is 53.5 Å². The van der Waals surface area contributed by atoms with Gasteiger partial charge in [0.2, 0.25) is 0 Å². The molecule has 134 valence electrons. The minimum atomic E-state index is -0.574. The lowest BCUT2D eigenvalue weighted by Gasteiger charge is -2.37. The number of hydrogen-bond donors (Lipinski definition) is 1. The lowest BCUT2D eigenvalue weighted by atomic mass is 9.97. The highest BCUT2D eigenvalue weighted by molar-refractivity contribution is 6.46. The van der Waals surface area contributed by atoms with E-state index in [1.807, 2.05) is 24.3 Å². The maximum absolute atomic E-state index is 13.5. The number of rotatable bonds is 3. The Bertz CT molecular complexity index is 875. The third-order valence-electron chi connectivity index (χ3n) is 5.02. The lowest BCUT2D eigenvalue weighted by Crippen LogP contribution is -2.50. The molecule has 2 aliphatic heterocycles. The Morgan fingerprint density at radius 1 is 1.15 bits per heavy atom. The molecule has 1 saturated heterocycles. The van der Waals surface area contributed by atoms with Crippen LogP contribution in [0.5, 0.6) is 0 Å². The third-order valence-corrected chi connectivity index (χ3v) is 5.39. The van der Waals surface area contributed by atoms with Crippen LogP contribution >= 0.6 is 11.6 Å². The zero-order valence-corrected chi connectivity index (χ0v) is 15.0. The van der Waals surface area contributed by atoms with E-state index < -0.39 is 5.66 Å². The Hall–Kier alpha value is -2.24. The Morgan fingerprint density at radius 2 is 1.92 bits per heavy atom. The highest BCUT2D eigenvalue weighted by Crippen LogP contribution is 2.30. The van der Waals surface area contributed by atoms with E-state index in [0.717, 1.165) is 43.1 Å². The number of aliphatic imine (C=N–C) groups is 1. The van der Waals surface area contributed by atoms with Gasteiger partial charge in [-0.05, 0) is 23.8 Å². The van der Waals surface area contributed by atoms with Crippen molar-refractivity contribution in [3.63, 3.8) is 0 Å². The molecule has 2 heterocycles. The second-order valence-corrected chi connectivity index (χ2v) is 7.23. The number of carbonyl (C=O) groups is 1. The van der Waals surface area contributed by atoms with E-state index in [-0.39, 0.29) is 11.7 Å². The SMILES string of the molecule is O=C1NC2(CCN(Cc3ccccc3Cl)CC2)N=C1c1cccc(F)c1. The summed E-state index contributed by atoms with van der Waals surface area (Å²) in [6, 6.07) is 13.9. The maximum Gasteiger partial charge on any atom is 0.272 e. The predicted octanol–water partition coefficient (Wildman–Crippen LogP) is 3.39. The average molecular weight is 372 g/mol. The Kier molecular flexibility index (Phi) is 4.51. The summed E-state index contributed by atoms with van der Waals surface area (Å²) in [5.74, 6) is -0.594. The number of amides is 1. The predicted molar refractivity (Wildman–Crippen MR) is 99.8 cm³/mol. The molecule has 0 bridgehead atoms. The highest BCUT2D eigenvalue weighted by atomic mass is 35.5. The molecule has 0 aromatic heterocycles. The molecule has 4 rings (SSSR count). The zero-order valence-electron chi connectivity index (χ0n) is 14.2. The van der Waals surface area contributed by atoms with Crippen molar-refractivity contribution in [2.24, 2.45) is 4.99 Å². The van der Waals surface area contributed by atoms with Gasteiger partial charge in [0.1, 0.15) is 17.2 Å². The van der Waals surface area contributed by atoms with Gasteiger partial charge < -0.3 is 5.32 Å². The molecule has 0 saturated carbocycles. The van der Waals surface area contributed by atoms with Crippen LogP contribution in [0.3, 0.4) is 0 Å². The van der Waals surface area contributed by atoms with Crippen molar-refractivity contribution in [1.82, 2.24) is 10.2 Å². The molecule has 0 radical (unpaired) electrons.